The molecule has 2 aromatic rings. The molecule has 0 bridgehead atoms. The average molecular weight is 304 g/mol. The largest absolute Gasteiger partial charge is 0.478 e. The van der Waals surface area contributed by atoms with Gasteiger partial charge in [0.15, 0.2) is 0 Å². The molecule has 1 heterocycles. The molecule has 0 spiro atoms. The fourth-order valence-corrected chi connectivity index (χ4v) is 2.73. The van der Waals surface area contributed by atoms with Gasteiger partial charge in [-0.2, -0.15) is 0 Å². The predicted octanol–water partition coefficient (Wildman–Crippen LogP) is 3.38. The molecule has 110 valence electrons. The maximum Gasteiger partial charge on any atom is 0.335 e. The first-order valence-electron chi connectivity index (χ1n) is 6.40. The molecule has 3 N–H and O–H groups in total. The third-order valence-corrected chi connectivity index (χ3v) is 3.93. The van der Waals surface area contributed by atoms with Crippen LogP contribution in [0.15, 0.2) is 30.3 Å². The van der Waals surface area contributed by atoms with Crippen molar-refractivity contribution in [3.05, 3.63) is 51.2 Å². The summed E-state index contributed by atoms with van der Waals surface area (Å²) in [6.07, 6.45) is 0. The highest BCUT2D eigenvalue weighted by molar-refractivity contribution is 7.11. The lowest BCUT2D eigenvalue weighted by atomic mass is 10.1. The number of carbonyl (C=O) groups is 2. The molecular weight excluding hydrogens is 288 g/mol. The lowest BCUT2D eigenvalue weighted by molar-refractivity contribution is 0.0696. The molecule has 0 radical (unpaired) electrons. The maximum atomic E-state index is 11.8. The molecular formula is C15H16N2O3S. The fraction of sp³-hybridized carbons (Fsp3) is 0.200. The zero-order chi connectivity index (χ0) is 15.4. The van der Waals surface area contributed by atoms with Gasteiger partial charge in [0.05, 0.1) is 12.1 Å². The molecule has 0 aliphatic carbocycles. The second kappa shape index (κ2) is 6.41. The van der Waals surface area contributed by atoms with Gasteiger partial charge in [-0.1, -0.05) is 0 Å². The minimum atomic E-state index is -0.975. The standard InChI is InChI=1S/C15H16N2O3S/c1-9-7-11(4-6-13(9)14(18)19)17-15(20)16-8-12-5-3-10(2)21-12/h3-7H,8H2,1-2H3,(H,18,19)(H2,16,17,20). The van der Waals surface area contributed by atoms with Gasteiger partial charge in [0.1, 0.15) is 0 Å². The van der Waals surface area contributed by atoms with Gasteiger partial charge in [-0.15, -0.1) is 11.3 Å². The van der Waals surface area contributed by atoms with Crippen molar-refractivity contribution in [2.24, 2.45) is 0 Å². The van der Waals surface area contributed by atoms with Crippen LogP contribution in [0, 0.1) is 13.8 Å². The van der Waals surface area contributed by atoms with Crippen LogP contribution in [-0.2, 0) is 6.54 Å². The molecule has 1 aromatic carbocycles. The van der Waals surface area contributed by atoms with E-state index < -0.39 is 5.97 Å². The highest BCUT2D eigenvalue weighted by atomic mass is 32.1. The van der Waals surface area contributed by atoms with Crippen LogP contribution >= 0.6 is 11.3 Å². The molecule has 0 aliphatic heterocycles. The number of aryl methyl sites for hydroxylation is 2. The Kier molecular flexibility index (Phi) is 4.59. The molecule has 5 nitrogen and oxygen atoms in total. The van der Waals surface area contributed by atoms with Crippen LogP contribution in [0.1, 0.15) is 25.7 Å². The lowest BCUT2D eigenvalue weighted by Gasteiger charge is -2.08. The second-order valence-electron chi connectivity index (χ2n) is 4.65. The summed E-state index contributed by atoms with van der Waals surface area (Å²) in [5.74, 6) is -0.975. The van der Waals surface area contributed by atoms with Gasteiger partial charge in [-0.3, -0.25) is 0 Å². The number of amides is 2. The molecule has 0 fully saturated rings. The molecule has 6 heteroatoms. The van der Waals surface area contributed by atoms with Gasteiger partial charge in [0.25, 0.3) is 0 Å². The van der Waals surface area contributed by atoms with Crippen LogP contribution in [0.25, 0.3) is 0 Å². The number of aromatic carboxylic acids is 1. The molecule has 0 saturated carbocycles. The van der Waals surface area contributed by atoms with Gasteiger partial charge >= 0.3 is 12.0 Å². The van der Waals surface area contributed by atoms with Crippen molar-refractivity contribution in [1.82, 2.24) is 5.32 Å². The van der Waals surface area contributed by atoms with Gasteiger partial charge in [-0.05, 0) is 49.7 Å². The quantitative estimate of drug-likeness (QED) is 0.810. The van der Waals surface area contributed by atoms with Gasteiger partial charge in [-0.25, -0.2) is 9.59 Å². The van der Waals surface area contributed by atoms with Crippen LogP contribution in [0.4, 0.5) is 10.5 Å². The van der Waals surface area contributed by atoms with Crippen molar-refractivity contribution in [2.45, 2.75) is 20.4 Å². The summed E-state index contributed by atoms with van der Waals surface area (Å²) in [7, 11) is 0. The summed E-state index contributed by atoms with van der Waals surface area (Å²) in [6.45, 7) is 4.18. The second-order valence-corrected chi connectivity index (χ2v) is 6.03. The molecule has 2 rings (SSSR count). The van der Waals surface area contributed by atoms with Crippen LogP contribution in [0.3, 0.4) is 0 Å². The third kappa shape index (κ3) is 4.06. The first kappa shape index (κ1) is 15.1. The van der Waals surface area contributed by atoms with E-state index in [4.69, 9.17) is 5.11 Å². The van der Waals surface area contributed by atoms with E-state index in [-0.39, 0.29) is 11.6 Å². The predicted molar refractivity (Wildman–Crippen MR) is 83.1 cm³/mol. The summed E-state index contributed by atoms with van der Waals surface area (Å²) < 4.78 is 0. The molecule has 0 saturated heterocycles. The molecule has 21 heavy (non-hydrogen) atoms. The van der Waals surface area contributed by atoms with Crippen molar-refractivity contribution in [3.8, 4) is 0 Å². The number of anilines is 1. The number of carbonyl (C=O) groups excluding carboxylic acids is 1. The average Bonchev–Trinajstić information content (AvgIpc) is 2.82. The number of hydrogen-bond donors (Lipinski definition) is 3. The summed E-state index contributed by atoms with van der Waals surface area (Å²) >= 11 is 1.64. The van der Waals surface area contributed by atoms with Gasteiger partial charge in [0.2, 0.25) is 0 Å². The monoisotopic (exact) mass is 304 g/mol. The number of thiophene rings is 1. The fourth-order valence-electron chi connectivity index (χ4n) is 1.90. The Labute approximate surface area is 126 Å². The van der Waals surface area contributed by atoms with E-state index >= 15 is 0 Å². The van der Waals surface area contributed by atoms with Crippen molar-refractivity contribution >= 4 is 29.0 Å². The van der Waals surface area contributed by atoms with Crippen LogP contribution < -0.4 is 10.6 Å². The van der Waals surface area contributed by atoms with E-state index in [1.807, 2.05) is 19.1 Å². The zero-order valence-electron chi connectivity index (χ0n) is 11.8. The molecule has 0 unspecified atom stereocenters. The SMILES string of the molecule is Cc1ccc(CNC(=O)Nc2ccc(C(=O)O)c(C)c2)s1. The number of carboxylic acids is 1. The van der Waals surface area contributed by atoms with Crippen molar-refractivity contribution in [3.63, 3.8) is 0 Å². The lowest BCUT2D eigenvalue weighted by Crippen LogP contribution is -2.27. The van der Waals surface area contributed by atoms with Crippen molar-refractivity contribution < 1.29 is 14.7 Å². The number of urea groups is 1. The van der Waals surface area contributed by atoms with Gasteiger partial charge < -0.3 is 15.7 Å². The minimum Gasteiger partial charge on any atom is -0.478 e. The van der Waals surface area contributed by atoms with E-state index in [1.165, 1.54) is 10.9 Å². The first-order valence-corrected chi connectivity index (χ1v) is 7.21. The smallest absolute Gasteiger partial charge is 0.335 e. The Hall–Kier alpha value is -2.34. The van der Waals surface area contributed by atoms with Crippen LogP contribution in [0.2, 0.25) is 0 Å². The Bertz CT molecular complexity index is 679. The number of rotatable bonds is 4. The Morgan fingerprint density at radius 1 is 1.19 bits per heavy atom. The van der Waals surface area contributed by atoms with Crippen molar-refractivity contribution in [1.29, 1.82) is 0 Å². The zero-order valence-corrected chi connectivity index (χ0v) is 12.6. The number of carboxylic acid groups (broad SMARTS) is 1. The third-order valence-electron chi connectivity index (χ3n) is 2.93. The van der Waals surface area contributed by atoms with E-state index in [9.17, 15) is 9.59 Å². The van der Waals surface area contributed by atoms with E-state index in [0.717, 1.165) is 4.88 Å². The van der Waals surface area contributed by atoms with Crippen molar-refractivity contribution in [2.75, 3.05) is 5.32 Å². The highest BCUT2D eigenvalue weighted by Gasteiger charge is 2.08. The topological polar surface area (TPSA) is 78.4 Å². The Morgan fingerprint density at radius 3 is 2.52 bits per heavy atom. The van der Waals surface area contributed by atoms with Crippen LogP contribution in [0.5, 0.6) is 0 Å². The number of benzene rings is 1. The normalized spacial score (nSPS) is 10.2. The summed E-state index contributed by atoms with van der Waals surface area (Å²) in [5, 5.41) is 14.4. The van der Waals surface area contributed by atoms with Gasteiger partial charge in [0, 0.05) is 15.4 Å². The summed E-state index contributed by atoms with van der Waals surface area (Å²) in [4.78, 5) is 25.0. The molecule has 2 amide bonds. The number of hydrogen-bond acceptors (Lipinski definition) is 3. The summed E-state index contributed by atoms with van der Waals surface area (Å²) in [6, 6.07) is 8.36. The maximum absolute atomic E-state index is 11.8. The first-order chi connectivity index (χ1) is 9.95. The number of nitrogens with one attached hydrogen (secondary N) is 2. The highest BCUT2D eigenvalue weighted by Crippen LogP contribution is 2.16. The van der Waals surface area contributed by atoms with E-state index in [1.54, 1.807) is 30.4 Å². The van der Waals surface area contributed by atoms with E-state index in [0.29, 0.717) is 17.8 Å². The minimum absolute atomic E-state index is 0.231. The van der Waals surface area contributed by atoms with Crippen LogP contribution in [-0.4, -0.2) is 17.1 Å². The molecule has 1 aromatic heterocycles. The summed E-state index contributed by atoms with van der Waals surface area (Å²) in [5.41, 5.74) is 1.40. The van der Waals surface area contributed by atoms with E-state index in [2.05, 4.69) is 10.6 Å². The molecule has 0 atom stereocenters. The Morgan fingerprint density at radius 2 is 1.95 bits per heavy atom. The Balaban J connectivity index is 1.93. The molecule has 0 aliphatic rings.